The third-order valence-electron chi connectivity index (χ3n) is 2.86. The third kappa shape index (κ3) is 2.24. The summed E-state index contributed by atoms with van der Waals surface area (Å²) in [6.07, 6.45) is 3.07. The van der Waals surface area contributed by atoms with Crippen LogP contribution in [0.4, 0.5) is 5.69 Å². The molecule has 1 aromatic rings. The zero-order valence-corrected chi connectivity index (χ0v) is 9.44. The summed E-state index contributed by atoms with van der Waals surface area (Å²) in [4.78, 5) is 13.9. The lowest BCUT2D eigenvalue weighted by molar-refractivity contribution is 0.0769. The largest absolute Gasteiger partial charge is 0.399 e. The van der Waals surface area contributed by atoms with Crippen LogP contribution in [0.15, 0.2) is 35.9 Å². The Hall–Kier alpha value is -1.77. The Kier molecular flexibility index (Phi) is 2.95. The maximum atomic E-state index is 12.1. The third-order valence-corrected chi connectivity index (χ3v) is 2.86. The van der Waals surface area contributed by atoms with Crippen molar-refractivity contribution in [1.82, 2.24) is 4.90 Å². The minimum Gasteiger partial charge on any atom is -0.399 e. The molecule has 16 heavy (non-hydrogen) atoms. The first-order valence-electron chi connectivity index (χ1n) is 5.47. The molecular formula is C13H16N2O. The van der Waals surface area contributed by atoms with Gasteiger partial charge in [-0.15, -0.1) is 0 Å². The molecule has 0 saturated heterocycles. The smallest absolute Gasteiger partial charge is 0.254 e. The van der Waals surface area contributed by atoms with E-state index >= 15 is 0 Å². The van der Waals surface area contributed by atoms with Crippen molar-refractivity contribution < 1.29 is 4.79 Å². The summed E-state index contributed by atoms with van der Waals surface area (Å²) in [6, 6.07) is 7.14. The van der Waals surface area contributed by atoms with Crippen molar-refractivity contribution in [3.8, 4) is 0 Å². The quantitative estimate of drug-likeness (QED) is 0.577. The number of carbonyl (C=O) groups is 1. The zero-order valence-electron chi connectivity index (χ0n) is 9.44. The molecular weight excluding hydrogens is 200 g/mol. The van der Waals surface area contributed by atoms with Gasteiger partial charge in [0.2, 0.25) is 0 Å². The second-order valence-electron chi connectivity index (χ2n) is 4.18. The van der Waals surface area contributed by atoms with E-state index in [0.29, 0.717) is 17.8 Å². The van der Waals surface area contributed by atoms with Gasteiger partial charge >= 0.3 is 0 Å². The van der Waals surface area contributed by atoms with Crippen LogP contribution < -0.4 is 5.73 Å². The van der Waals surface area contributed by atoms with Crippen molar-refractivity contribution in [3.63, 3.8) is 0 Å². The van der Waals surface area contributed by atoms with E-state index in [1.807, 2.05) is 17.0 Å². The van der Waals surface area contributed by atoms with Crippen molar-refractivity contribution in [2.24, 2.45) is 0 Å². The lowest BCUT2D eigenvalue weighted by Gasteiger charge is -2.25. The molecule has 0 spiro atoms. The van der Waals surface area contributed by atoms with E-state index in [1.54, 1.807) is 12.1 Å². The van der Waals surface area contributed by atoms with Crippen molar-refractivity contribution in [1.29, 1.82) is 0 Å². The van der Waals surface area contributed by atoms with Crippen LogP contribution in [0.2, 0.25) is 0 Å². The first-order valence-corrected chi connectivity index (χ1v) is 5.47. The Morgan fingerprint density at radius 2 is 2.25 bits per heavy atom. The number of amides is 1. The Morgan fingerprint density at radius 1 is 1.44 bits per heavy atom. The Bertz CT molecular complexity index is 437. The lowest BCUT2D eigenvalue weighted by atomic mass is 10.1. The monoisotopic (exact) mass is 216 g/mol. The van der Waals surface area contributed by atoms with E-state index in [-0.39, 0.29) is 5.91 Å². The predicted molar refractivity (Wildman–Crippen MR) is 65.1 cm³/mol. The van der Waals surface area contributed by atoms with Crippen LogP contribution in [0.25, 0.3) is 0 Å². The van der Waals surface area contributed by atoms with Gasteiger partial charge in [0, 0.05) is 24.3 Å². The van der Waals surface area contributed by atoms with E-state index in [1.165, 1.54) is 5.57 Å². The van der Waals surface area contributed by atoms with Crippen LogP contribution in [0.1, 0.15) is 23.7 Å². The number of carbonyl (C=O) groups excluding carboxylic acids is 1. The molecule has 0 aromatic heterocycles. The molecule has 3 heteroatoms. The van der Waals surface area contributed by atoms with Gasteiger partial charge in [0.15, 0.2) is 0 Å². The maximum Gasteiger partial charge on any atom is 0.254 e. The average molecular weight is 216 g/mol. The number of nitrogens with two attached hydrogens (primary N) is 1. The molecule has 0 aliphatic carbocycles. The van der Waals surface area contributed by atoms with Crippen LogP contribution in [-0.4, -0.2) is 23.9 Å². The molecule has 3 nitrogen and oxygen atoms in total. The summed E-state index contributed by atoms with van der Waals surface area (Å²) in [5, 5.41) is 0. The zero-order chi connectivity index (χ0) is 11.5. The molecule has 2 N–H and O–H groups in total. The summed E-state index contributed by atoms with van der Waals surface area (Å²) in [6.45, 7) is 3.61. The van der Waals surface area contributed by atoms with E-state index in [0.717, 1.165) is 13.0 Å². The molecule has 1 aromatic carbocycles. The minimum absolute atomic E-state index is 0.0658. The maximum absolute atomic E-state index is 12.1. The number of anilines is 1. The van der Waals surface area contributed by atoms with Crippen LogP contribution in [0, 0.1) is 0 Å². The SMILES string of the molecule is CC1=CCN(C(=O)c2cccc(N)c2)CC1. The van der Waals surface area contributed by atoms with E-state index in [4.69, 9.17) is 5.73 Å². The van der Waals surface area contributed by atoms with Crippen molar-refractivity contribution in [2.45, 2.75) is 13.3 Å². The molecule has 0 saturated carbocycles. The summed E-state index contributed by atoms with van der Waals surface area (Å²) >= 11 is 0. The normalized spacial score (nSPS) is 15.8. The fraction of sp³-hybridized carbons (Fsp3) is 0.308. The molecule has 1 aliphatic heterocycles. The summed E-state index contributed by atoms with van der Waals surface area (Å²) < 4.78 is 0. The van der Waals surface area contributed by atoms with Crippen LogP contribution in [0.5, 0.6) is 0 Å². The number of benzene rings is 1. The minimum atomic E-state index is 0.0658. The van der Waals surface area contributed by atoms with Gasteiger partial charge in [-0.3, -0.25) is 4.79 Å². The van der Waals surface area contributed by atoms with Gasteiger partial charge in [-0.2, -0.15) is 0 Å². The van der Waals surface area contributed by atoms with Crippen molar-refractivity contribution >= 4 is 11.6 Å². The van der Waals surface area contributed by atoms with Gasteiger partial charge in [-0.1, -0.05) is 17.7 Å². The van der Waals surface area contributed by atoms with Crippen LogP contribution >= 0.6 is 0 Å². The highest BCUT2D eigenvalue weighted by Gasteiger charge is 2.17. The molecule has 1 heterocycles. The topological polar surface area (TPSA) is 46.3 Å². The average Bonchev–Trinajstić information content (AvgIpc) is 2.29. The number of hydrogen-bond acceptors (Lipinski definition) is 2. The van der Waals surface area contributed by atoms with Gasteiger partial charge in [0.1, 0.15) is 0 Å². The second kappa shape index (κ2) is 4.39. The highest BCUT2D eigenvalue weighted by Crippen LogP contribution is 2.14. The van der Waals surface area contributed by atoms with Gasteiger partial charge in [-0.05, 0) is 31.5 Å². The molecule has 0 radical (unpaired) electrons. The Labute approximate surface area is 95.6 Å². The fourth-order valence-corrected chi connectivity index (χ4v) is 1.81. The molecule has 1 aliphatic rings. The molecule has 0 atom stereocenters. The van der Waals surface area contributed by atoms with Gasteiger partial charge < -0.3 is 10.6 Å². The Balaban J connectivity index is 2.14. The predicted octanol–water partition coefficient (Wildman–Crippen LogP) is 2.06. The van der Waals surface area contributed by atoms with Crippen molar-refractivity contribution in [3.05, 3.63) is 41.5 Å². The molecule has 2 rings (SSSR count). The highest BCUT2D eigenvalue weighted by atomic mass is 16.2. The number of nitrogens with zero attached hydrogens (tertiary/aromatic N) is 1. The van der Waals surface area contributed by atoms with Crippen LogP contribution in [0.3, 0.4) is 0 Å². The number of hydrogen-bond donors (Lipinski definition) is 1. The van der Waals surface area contributed by atoms with E-state index in [9.17, 15) is 4.79 Å². The molecule has 0 bridgehead atoms. The molecule has 0 fully saturated rings. The lowest BCUT2D eigenvalue weighted by Crippen LogP contribution is -2.34. The molecule has 84 valence electrons. The standard InChI is InChI=1S/C13H16N2O/c1-10-5-7-15(8-6-10)13(16)11-3-2-4-12(14)9-11/h2-5,9H,6-8,14H2,1H3. The summed E-state index contributed by atoms with van der Waals surface area (Å²) in [7, 11) is 0. The number of rotatable bonds is 1. The first kappa shape index (κ1) is 10.7. The van der Waals surface area contributed by atoms with Gasteiger partial charge in [0.05, 0.1) is 0 Å². The van der Waals surface area contributed by atoms with Crippen LogP contribution in [-0.2, 0) is 0 Å². The fourth-order valence-electron chi connectivity index (χ4n) is 1.81. The van der Waals surface area contributed by atoms with Crippen molar-refractivity contribution in [2.75, 3.05) is 18.8 Å². The first-order chi connectivity index (χ1) is 7.66. The Morgan fingerprint density at radius 3 is 2.88 bits per heavy atom. The second-order valence-corrected chi connectivity index (χ2v) is 4.18. The van der Waals surface area contributed by atoms with E-state index < -0.39 is 0 Å². The molecule has 1 amide bonds. The number of nitrogen functional groups attached to an aromatic ring is 1. The van der Waals surface area contributed by atoms with Gasteiger partial charge in [0.25, 0.3) is 5.91 Å². The summed E-state index contributed by atoms with van der Waals surface area (Å²) in [5.74, 6) is 0.0658. The van der Waals surface area contributed by atoms with E-state index in [2.05, 4.69) is 13.0 Å². The highest BCUT2D eigenvalue weighted by molar-refractivity contribution is 5.95. The van der Waals surface area contributed by atoms with Gasteiger partial charge in [-0.25, -0.2) is 0 Å². The molecule has 0 unspecified atom stereocenters. The summed E-state index contributed by atoms with van der Waals surface area (Å²) in [5.41, 5.74) is 8.33.